The molecule has 1 aromatic carbocycles. The molecule has 1 fully saturated rings. The van der Waals surface area contributed by atoms with Gasteiger partial charge in [-0.15, -0.1) is 0 Å². The molecular formula is C12H13ClO. The Morgan fingerprint density at radius 1 is 1.50 bits per heavy atom. The van der Waals surface area contributed by atoms with Crippen molar-refractivity contribution in [3.05, 3.63) is 34.3 Å². The number of benzene rings is 1. The van der Waals surface area contributed by atoms with Crippen molar-refractivity contribution in [3.63, 3.8) is 0 Å². The van der Waals surface area contributed by atoms with Gasteiger partial charge in [-0.25, -0.2) is 0 Å². The van der Waals surface area contributed by atoms with Gasteiger partial charge >= 0.3 is 0 Å². The topological polar surface area (TPSA) is 17.1 Å². The lowest BCUT2D eigenvalue weighted by Gasteiger charge is -2.04. The normalized spacial score (nSPS) is 24.8. The highest BCUT2D eigenvalue weighted by Gasteiger charge is 2.42. The number of hydrogen-bond donors (Lipinski definition) is 0. The zero-order valence-corrected chi connectivity index (χ0v) is 9.14. The van der Waals surface area contributed by atoms with Crippen molar-refractivity contribution in [1.82, 2.24) is 0 Å². The second-order valence-electron chi connectivity index (χ2n) is 4.06. The van der Waals surface area contributed by atoms with E-state index in [1.165, 1.54) is 11.1 Å². The first-order chi connectivity index (χ1) is 6.59. The fraction of sp³-hybridized carbons (Fsp3) is 0.417. The Balaban J connectivity index is 2.23. The van der Waals surface area contributed by atoms with E-state index in [9.17, 15) is 4.79 Å². The summed E-state index contributed by atoms with van der Waals surface area (Å²) in [5.74, 6) is 1.02. The van der Waals surface area contributed by atoms with E-state index in [0.29, 0.717) is 11.7 Å². The minimum Gasteiger partial charge on any atom is -0.300 e. The summed E-state index contributed by atoms with van der Waals surface area (Å²) >= 11 is 5.87. The fourth-order valence-corrected chi connectivity index (χ4v) is 2.27. The molecule has 1 nitrogen and oxygen atoms in total. The highest BCUT2D eigenvalue weighted by molar-refractivity contribution is 6.30. The van der Waals surface area contributed by atoms with Crippen LogP contribution >= 0.6 is 11.6 Å². The molecular weight excluding hydrogens is 196 g/mol. The Morgan fingerprint density at radius 3 is 2.71 bits per heavy atom. The maximum Gasteiger partial charge on any atom is 0.133 e. The van der Waals surface area contributed by atoms with Crippen LogP contribution < -0.4 is 0 Å². The van der Waals surface area contributed by atoms with Crippen molar-refractivity contribution in [2.24, 2.45) is 5.92 Å². The third kappa shape index (κ3) is 1.69. The first kappa shape index (κ1) is 9.72. The van der Waals surface area contributed by atoms with Gasteiger partial charge in [0.25, 0.3) is 0 Å². The molecule has 1 aliphatic rings. The Kier molecular flexibility index (Phi) is 2.36. The molecule has 0 radical (unpaired) electrons. The molecule has 1 aromatic rings. The number of ketones is 1. The van der Waals surface area contributed by atoms with E-state index in [1.807, 2.05) is 18.2 Å². The van der Waals surface area contributed by atoms with Crippen LogP contribution in [-0.4, -0.2) is 5.78 Å². The van der Waals surface area contributed by atoms with Crippen LogP contribution in [0.3, 0.4) is 0 Å². The minimum atomic E-state index is 0.259. The van der Waals surface area contributed by atoms with Gasteiger partial charge in [0.1, 0.15) is 5.78 Å². The molecule has 1 aliphatic carbocycles. The molecule has 74 valence electrons. The number of halogens is 1. The van der Waals surface area contributed by atoms with Gasteiger partial charge in [0.15, 0.2) is 0 Å². The van der Waals surface area contributed by atoms with Crippen molar-refractivity contribution in [3.8, 4) is 0 Å². The monoisotopic (exact) mass is 208 g/mol. The summed E-state index contributed by atoms with van der Waals surface area (Å²) in [6.07, 6.45) is 1.01. The molecule has 2 unspecified atom stereocenters. The van der Waals surface area contributed by atoms with Crippen molar-refractivity contribution in [2.75, 3.05) is 0 Å². The lowest BCUT2D eigenvalue weighted by molar-refractivity contribution is -0.118. The van der Waals surface area contributed by atoms with Gasteiger partial charge in [0, 0.05) is 10.9 Å². The van der Waals surface area contributed by atoms with Crippen LogP contribution in [0.4, 0.5) is 0 Å². The van der Waals surface area contributed by atoms with E-state index in [1.54, 1.807) is 6.92 Å². The van der Waals surface area contributed by atoms with Gasteiger partial charge in [0.05, 0.1) is 0 Å². The highest BCUT2D eigenvalue weighted by Crippen LogP contribution is 2.49. The highest BCUT2D eigenvalue weighted by atomic mass is 35.5. The molecule has 2 atom stereocenters. The molecule has 14 heavy (non-hydrogen) atoms. The number of hydrogen-bond acceptors (Lipinski definition) is 1. The Morgan fingerprint density at radius 2 is 2.21 bits per heavy atom. The summed E-state index contributed by atoms with van der Waals surface area (Å²) in [4.78, 5) is 11.1. The predicted octanol–water partition coefficient (Wildman–Crippen LogP) is 3.34. The van der Waals surface area contributed by atoms with E-state index in [0.717, 1.165) is 11.4 Å². The van der Waals surface area contributed by atoms with Crippen LogP contribution in [0, 0.1) is 12.8 Å². The molecule has 0 heterocycles. The Hall–Kier alpha value is -0.820. The average Bonchev–Trinajstić information content (AvgIpc) is 2.83. The van der Waals surface area contributed by atoms with Gasteiger partial charge in [-0.3, -0.25) is 4.79 Å². The molecule has 0 aromatic heterocycles. The standard InChI is InChI=1S/C12H13ClO/c1-7-5-9(13)3-4-10(7)12-6-11(12)8(2)14/h3-5,11-12H,6H2,1-2H3. The number of aryl methyl sites for hydroxylation is 1. The second-order valence-corrected chi connectivity index (χ2v) is 4.50. The van der Waals surface area contributed by atoms with Gasteiger partial charge in [-0.1, -0.05) is 17.7 Å². The second kappa shape index (κ2) is 3.39. The number of carbonyl (C=O) groups excluding carboxylic acids is 1. The van der Waals surface area contributed by atoms with Crippen molar-refractivity contribution in [2.45, 2.75) is 26.2 Å². The summed E-state index contributed by atoms with van der Waals surface area (Å²) in [5.41, 5.74) is 2.49. The van der Waals surface area contributed by atoms with Crippen LogP contribution in [0.2, 0.25) is 5.02 Å². The molecule has 2 heteroatoms. The van der Waals surface area contributed by atoms with Crippen LogP contribution in [-0.2, 0) is 4.79 Å². The largest absolute Gasteiger partial charge is 0.300 e. The molecule has 0 aliphatic heterocycles. The van der Waals surface area contributed by atoms with Gasteiger partial charge in [0.2, 0.25) is 0 Å². The van der Waals surface area contributed by atoms with Crippen molar-refractivity contribution >= 4 is 17.4 Å². The third-order valence-electron chi connectivity index (χ3n) is 2.94. The van der Waals surface area contributed by atoms with E-state index in [2.05, 4.69) is 6.92 Å². The predicted molar refractivity (Wildman–Crippen MR) is 57.7 cm³/mol. The summed E-state index contributed by atoms with van der Waals surface area (Å²) in [6, 6.07) is 5.91. The van der Waals surface area contributed by atoms with Crippen molar-refractivity contribution < 1.29 is 4.79 Å². The summed E-state index contributed by atoms with van der Waals surface area (Å²) in [7, 11) is 0. The van der Waals surface area contributed by atoms with E-state index in [4.69, 9.17) is 11.6 Å². The van der Waals surface area contributed by atoms with E-state index < -0.39 is 0 Å². The SMILES string of the molecule is CC(=O)C1CC1c1ccc(Cl)cc1C. The lowest BCUT2D eigenvalue weighted by Crippen LogP contribution is -1.96. The van der Waals surface area contributed by atoms with Crippen LogP contribution in [0.1, 0.15) is 30.4 Å². The summed E-state index contributed by atoms with van der Waals surface area (Å²) in [6.45, 7) is 3.73. The zero-order valence-electron chi connectivity index (χ0n) is 8.38. The van der Waals surface area contributed by atoms with Crippen molar-refractivity contribution in [1.29, 1.82) is 0 Å². The van der Waals surface area contributed by atoms with Gasteiger partial charge in [-0.2, -0.15) is 0 Å². The van der Waals surface area contributed by atoms with Crippen LogP contribution in [0.5, 0.6) is 0 Å². The van der Waals surface area contributed by atoms with Gasteiger partial charge < -0.3 is 0 Å². The summed E-state index contributed by atoms with van der Waals surface area (Å²) < 4.78 is 0. The van der Waals surface area contributed by atoms with E-state index in [-0.39, 0.29) is 5.92 Å². The Labute approximate surface area is 89.1 Å². The van der Waals surface area contributed by atoms with E-state index >= 15 is 0 Å². The smallest absolute Gasteiger partial charge is 0.133 e. The number of Topliss-reactive ketones (excluding diaryl/α,β-unsaturated/α-hetero) is 1. The number of rotatable bonds is 2. The molecule has 0 saturated heterocycles. The van der Waals surface area contributed by atoms with Crippen LogP contribution in [0.15, 0.2) is 18.2 Å². The third-order valence-corrected chi connectivity index (χ3v) is 3.18. The maximum absolute atomic E-state index is 11.1. The van der Waals surface area contributed by atoms with Gasteiger partial charge in [-0.05, 0) is 49.4 Å². The molecule has 0 N–H and O–H groups in total. The van der Waals surface area contributed by atoms with Crippen LogP contribution in [0.25, 0.3) is 0 Å². The Bertz CT molecular complexity index is 384. The maximum atomic E-state index is 11.1. The first-order valence-corrected chi connectivity index (χ1v) is 5.24. The molecule has 0 bridgehead atoms. The lowest BCUT2D eigenvalue weighted by atomic mass is 10.0. The molecule has 0 spiro atoms. The number of carbonyl (C=O) groups is 1. The summed E-state index contributed by atoms with van der Waals surface area (Å²) in [5, 5.41) is 0.770. The quantitative estimate of drug-likeness (QED) is 0.729. The molecule has 0 amide bonds. The zero-order chi connectivity index (χ0) is 10.3. The average molecular weight is 209 g/mol. The molecule has 2 rings (SSSR count). The first-order valence-electron chi connectivity index (χ1n) is 4.86. The fourth-order valence-electron chi connectivity index (χ4n) is 2.04. The molecule has 1 saturated carbocycles. The minimum absolute atomic E-state index is 0.259.